The molecule has 0 aliphatic carbocycles. The summed E-state index contributed by atoms with van der Waals surface area (Å²) in [6, 6.07) is 3.83. The topological polar surface area (TPSA) is 32.3 Å². The number of hydrogen-bond acceptors (Lipinski definition) is 3. The van der Waals surface area contributed by atoms with Gasteiger partial charge >= 0.3 is 0 Å². The molecule has 2 rings (SSSR count). The van der Waals surface area contributed by atoms with Gasteiger partial charge in [-0.15, -0.1) is 11.3 Å². The maximum atomic E-state index is 12.2. The van der Waals surface area contributed by atoms with Crippen LogP contribution in [0.5, 0.6) is 0 Å². The molecule has 3 nitrogen and oxygen atoms in total. The van der Waals surface area contributed by atoms with E-state index in [1.807, 2.05) is 19.2 Å². The Hall–Kier alpha value is -0.580. The summed E-state index contributed by atoms with van der Waals surface area (Å²) in [5.41, 5.74) is 0. The molecule has 1 aromatic heterocycles. The zero-order valence-electron chi connectivity index (χ0n) is 10.1. The number of carbonyl (C=O) groups excluding carboxylic acids is 1. The van der Waals surface area contributed by atoms with E-state index in [9.17, 15) is 4.79 Å². The molecule has 0 bridgehead atoms. The van der Waals surface area contributed by atoms with Crippen LogP contribution < -0.4 is 5.32 Å². The molecule has 0 spiro atoms. The molecule has 0 saturated carbocycles. The Morgan fingerprint density at radius 2 is 2.41 bits per heavy atom. The summed E-state index contributed by atoms with van der Waals surface area (Å²) >= 11 is 7.40. The smallest absolute Gasteiger partial charge is 0.240 e. The number of nitrogens with one attached hydrogen (secondary N) is 1. The van der Waals surface area contributed by atoms with Crippen molar-refractivity contribution in [3.05, 3.63) is 21.3 Å². The van der Waals surface area contributed by atoms with E-state index in [-0.39, 0.29) is 11.9 Å². The molecule has 0 radical (unpaired) electrons. The first-order valence-electron chi connectivity index (χ1n) is 5.80. The second-order valence-corrected chi connectivity index (χ2v) is 6.40. The summed E-state index contributed by atoms with van der Waals surface area (Å²) < 4.78 is 0.771. The van der Waals surface area contributed by atoms with Crippen molar-refractivity contribution in [3.63, 3.8) is 0 Å². The fourth-order valence-corrected chi connectivity index (χ4v) is 3.29. The molecule has 1 aliphatic rings. The predicted octanol–water partition coefficient (Wildman–Crippen LogP) is 2.36. The van der Waals surface area contributed by atoms with E-state index in [0.29, 0.717) is 12.5 Å². The summed E-state index contributed by atoms with van der Waals surface area (Å²) in [5, 5.41) is 3.26. The van der Waals surface area contributed by atoms with E-state index in [2.05, 4.69) is 12.2 Å². The van der Waals surface area contributed by atoms with Crippen LogP contribution in [0.3, 0.4) is 0 Å². The molecule has 2 unspecified atom stereocenters. The van der Waals surface area contributed by atoms with E-state index in [4.69, 9.17) is 11.6 Å². The zero-order valence-corrected chi connectivity index (χ0v) is 11.6. The third kappa shape index (κ3) is 3.00. The number of hydrogen-bond donors (Lipinski definition) is 1. The average Bonchev–Trinajstić information content (AvgIpc) is 2.86. The molecule has 94 valence electrons. The first-order chi connectivity index (χ1) is 8.08. The van der Waals surface area contributed by atoms with Gasteiger partial charge < -0.3 is 10.2 Å². The van der Waals surface area contributed by atoms with Gasteiger partial charge in [-0.3, -0.25) is 4.79 Å². The van der Waals surface area contributed by atoms with Gasteiger partial charge in [0.1, 0.15) is 0 Å². The number of amides is 1. The third-order valence-electron chi connectivity index (χ3n) is 3.20. The summed E-state index contributed by atoms with van der Waals surface area (Å²) in [6.07, 6.45) is 1.08. The normalized spacial score (nSPS) is 23.9. The number of thiophene rings is 1. The molecule has 2 heterocycles. The van der Waals surface area contributed by atoms with Gasteiger partial charge in [0, 0.05) is 11.9 Å². The fourth-order valence-electron chi connectivity index (χ4n) is 2.15. The van der Waals surface area contributed by atoms with Crippen molar-refractivity contribution in [2.45, 2.75) is 25.9 Å². The lowest BCUT2D eigenvalue weighted by Gasteiger charge is -2.23. The lowest BCUT2D eigenvalue weighted by molar-refractivity contribution is -0.133. The van der Waals surface area contributed by atoms with Crippen molar-refractivity contribution < 1.29 is 4.79 Å². The van der Waals surface area contributed by atoms with Crippen LogP contribution in [0.4, 0.5) is 0 Å². The predicted molar refractivity (Wildman–Crippen MR) is 71.4 cm³/mol. The van der Waals surface area contributed by atoms with E-state index in [0.717, 1.165) is 22.2 Å². The maximum Gasteiger partial charge on any atom is 0.240 e. The summed E-state index contributed by atoms with van der Waals surface area (Å²) in [4.78, 5) is 15.1. The number of halogens is 1. The minimum Gasteiger partial charge on any atom is -0.339 e. The molecule has 2 atom stereocenters. The number of rotatable bonds is 3. The van der Waals surface area contributed by atoms with Crippen molar-refractivity contribution in [1.82, 2.24) is 10.2 Å². The van der Waals surface area contributed by atoms with Crippen LogP contribution in [0, 0.1) is 5.92 Å². The Kier molecular flexibility index (Phi) is 4.07. The van der Waals surface area contributed by atoms with Gasteiger partial charge in [0.25, 0.3) is 0 Å². The molecule has 0 aromatic carbocycles. The molecular formula is C12H17ClN2OS. The largest absolute Gasteiger partial charge is 0.339 e. The second-order valence-electron chi connectivity index (χ2n) is 4.60. The van der Waals surface area contributed by atoms with Gasteiger partial charge in [0.05, 0.1) is 16.9 Å². The van der Waals surface area contributed by atoms with Crippen molar-refractivity contribution in [3.8, 4) is 0 Å². The van der Waals surface area contributed by atoms with E-state index < -0.39 is 0 Å². The molecule has 5 heteroatoms. The summed E-state index contributed by atoms with van der Waals surface area (Å²) in [7, 11) is 1.85. The second kappa shape index (κ2) is 5.38. The van der Waals surface area contributed by atoms with Gasteiger partial charge in [-0.25, -0.2) is 0 Å². The Labute approximate surface area is 111 Å². The maximum absolute atomic E-state index is 12.2. The highest BCUT2D eigenvalue weighted by Crippen LogP contribution is 2.23. The van der Waals surface area contributed by atoms with E-state index in [1.54, 1.807) is 4.90 Å². The molecule has 1 N–H and O–H groups in total. The SMILES string of the molecule is CC1CCNC1C(=O)N(C)Cc1ccc(Cl)s1. The zero-order chi connectivity index (χ0) is 12.4. The molecule has 1 saturated heterocycles. The Balaban J connectivity index is 1.95. The van der Waals surface area contributed by atoms with Crippen LogP contribution in [0.25, 0.3) is 0 Å². The van der Waals surface area contributed by atoms with Crippen LogP contribution in [0.2, 0.25) is 4.34 Å². The number of nitrogens with zero attached hydrogens (tertiary/aromatic N) is 1. The number of carbonyl (C=O) groups is 1. The minimum atomic E-state index is -0.0181. The minimum absolute atomic E-state index is 0.0181. The monoisotopic (exact) mass is 272 g/mol. The Bertz CT molecular complexity index is 407. The lowest BCUT2D eigenvalue weighted by Crippen LogP contribution is -2.43. The summed E-state index contributed by atoms with van der Waals surface area (Å²) in [6.45, 7) is 3.70. The van der Waals surface area contributed by atoms with Gasteiger partial charge in [-0.2, -0.15) is 0 Å². The van der Waals surface area contributed by atoms with Gasteiger partial charge in [0.2, 0.25) is 5.91 Å². The van der Waals surface area contributed by atoms with Crippen LogP contribution in [0.15, 0.2) is 12.1 Å². The molecule has 1 aromatic rings. The van der Waals surface area contributed by atoms with Gasteiger partial charge in [0.15, 0.2) is 0 Å². The van der Waals surface area contributed by atoms with Crippen molar-refractivity contribution >= 4 is 28.8 Å². The average molecular weight is 273 g/mol. The van der Waals surface area contributed by atoms with Crippen LogP contribution >= 0.6 is 22.9 Å². The molecule has 1 aliphatic heterocycles. The molecule has 17 heavy (non-hydrogen) atoms. The summed E-state index contributed by atoms with van der Waals surface area (Å²) in [5.74, 6) is 0.608. The van der Waals surface area contributed by atoms with Crippen LogP contribution in [0.1, 0.15) is 18.2 Å². The van der Waals surface area contributed by atoms with Crippen molar-refractivity contribution in [1.29, 1.82) is 0 Å². The third-order valence-corrected chi connectivity index (χ3v) is 4.41. The Morgan fingerprint density at radius 1 is 1.65 bits per heavy atom. The standard InChI is InChI=1S/C12H17ClN2OS/c1-8-5-6-14-11(8)12(16)15(2)7-9-3-4-10(13)17-9/h3-4,8,11,14H,5-7H2,1-2H3. The highest BCUT2D eigenvalue weighted by molar-refractivity contribution is 7.16. The van der Waals surface area contributed by atoms with Crippen LogP contribution in [-0.4, -0.2) is 30.4 Å². The van der Waals surface area contributed by atoms with E-state index >= 15 is 0 Å². The van der Waals surface area contributed by atoms with Gasteiger partial charge in [-0.05, 0) is 31.0 Å². The van der Waals surface area contributed by atoms with Crippen molar-refractivity contribution in [2.24, 2.45) is 5.92 Å². The molecule has 1 amide bonds. The van der Waals surface area contributed by atoms with Crippen molar-refractivity contribution in [2.75, 3.05) is 13.6 Å². The van der Waals surface area contributed by atoms with E-state index in [1.165, 1.54) is 11.3 Å². The number of likely N-dealkylation sites (N-methyl/N-ethyl adjacent to an activating group) is 1. The first kappa shape index (κ1) is 12.9. The lowest BCUT2D eigenvalue weighted by atomic mass is 10.0. The Morgan fingerprint density at radius 3 is 2.94 bits per heavy atom. The quantitative estimate of drug-likeness (QED) is 0.916. The highest BCUT2D eigenvalue weighted by Gasteiger charge is 2.31. The van der Waals surface area contributed by atoms with Crippen LogP contribution in [-0.2, 0) is 11.3 Å². The first-order valence-corrected chi connectivity index (χ1v) is 7.00. The van der Waals surface area contributed by atoms with Gasteiger partial charge in [-0.1, -0.05) is 18.5 Å². The highest BCUT2D eigenvalue weighted by atomic mass is 35.5. The fraction of sp³-hybridized carbons (Fsp3) is 0.583. The molecule has 1 fully saturated rings. The molecular weight excluding hydrogens is 256 g/mol.